The lowest BCUT2D eigenvalue weighted by Crippen LogP contribution is -2.41. The van der Waals surface area contributed by atoms with Gasteiger partial charge in [0.25, 0.3) is 0 Å². The molecule has 122 valence electrons. The Morgan fingerprint density at radius 3 is 2.91 bits per heavy atom. The summed E-state index contributed by atoms with van der Waals surface area (Å²) in [6, 6.07) is 5.84. The van der Waals surface area contributed by atoms with E-state index >= 15 is 0 Å². The summed E-state index contributed by atoms with van der Waals surface area (Å²) in [6.07, 6.45) is 1.83. The molecule has 1 aromatic rings. The van der Waals surface area contributed by atoms with Gasteiger partial charge in [-0.2, -0.15) is 0 Å². The monoisotopic (exact) mass is 306 g/mol. The van der Waals surface area contributed by atoms with Crippen LogP contribution in [0.4, 0.5) is 0 Å². The lowest BCUT2D eigenvalue weighted by molar-refractivity contribution is 0.0465. The number of aliphatic hydroxyl groups is 2. The van der Waals surface area contributed by atoms with E-state index < -0.39 is 0 Å². The summed E-state index contributed by atoms with van der Waals surface area (Å²) in [7, 11) is 0. The largest absolute Gasteiger partial charge is 0.492 e. The molecule has 0 aliphatic carbocycles. The van der Waals surface area contributed by atoms with E-state index in [-0.39, 0.29) is 12.7 Å². The number of rotatable bonds is 4. The number of hydrogen-bond acceptors (Lipinski definition) is 5. The molecule has 3 N–H and O–H groups in total. The van der Waals surface area contributed by atoms with E-state index in [4.69, 9.17) is 4.74 Å². The Kier molecular flexibility index (Phi) is 5.31. The predicted octanol–water partition coefficient (Wildman–Crippen LogP) is 0.734. The van der Waals surface area contributed by atoms with Gasteiger partial charge < -0.3 is 20.3 Å². The number of fused-ring (bicyclic) bond motifs is 1. The van der Waals surface area contributed by atoms with Gasteiger partial charge in [0.15, 0.2) is 0 Å². The molecule has 5 nitrogen and oxygen atoms in total. The highest BCUT2D eigenvalue weighted by molar-refractivity contribution is 5.37. The van der Waals surface area contributed by atoms with Gasteiger partial charge in [-0.1, -0.05) is 6.07 Å². The molecule has 5 heteroatoms. The first kappa shape index (κ1) is 15.7. The summed E-state index contributed by atoms with van der Waals surface area (Å²) in [6.45, 7) is 4.99. The van der Waals surface area contributed by atoms with E-state index in [1.165, 1.54) is 0 Å². The second kappa shape index (κ2) is 7.42. The van der Waals surface area contributed by atoms with Crippen molar-refractivity contribution in [2.24, 2.45) is 5.92 Å². The summed E-state index contributed by atoms with van der Waals surface area (Å²) in [5.74, 6) is 1.30. The van der Waals surface area contributed by atoms with Gasteiger partial charge in [0.2, 0.25) is 0 Å². The number of nitrogens with one attached hydrogen (secondary N) is 1. The fraction of sp³-hybridized carbons (Fsp3) is 0.647. The molecule has 0 aromatic heterocycles. The fourth-order valence-corrected chi connectivity index (χ4v) is 3.40. The maximum atomic E-state index is 10.5. The summed E-state index contributed by atoms with van der Waals surface area (Å²) >= 11 is 0. The quantitative estimate of drug-likeness (QED) is 0.765. The maximum absolute atomic E-state index is 10.5. The molecule has 1 fully saturated rings. The Bertz CT molecular complexity index is 489. The lowest BCUT2D eigenvalue weighted by Gasteiger charge is -2.31. The van der Waals surface area contributed by atoms with Crippen LogP contribution >= 0.6 is 0 Å². The number of hydrogen-bond donors (Lipinski definition) is 3. The number of β-amino-alcohol motifs (C(OH)–C–C–N with tert-alkyl or cyclic N) is 1. The molecule has 0 amide bonds. The van der Waals surface area contributed by atoms with Crippen molar-refractivity contribution in [1.82, 2.24) is 10.2 Å². The number of benzene rings is 1. The molecule has 3 rings (SSSR count). The minimum absolute atomic E-state index is 0.0466. The summed E-state index contributed by atoms with van der Waals surface area (Å²) in [5, 5.41) is 23.1. The average Bonchev–Trinajstić information content (AvgIpc) is 2.76. The first-order valence-corrected chi connectivity index (χ1v) is 8.23. The Morgan fingerprint density at radius 1 is 1.32 bits per heavy atom. The van der Waals surface area contributed by atoms with Gasteiger partial charge in [-0.3, -0.25) is 4.90 Å². The molecule has 2 heterocycles. The third kappa shape index (κ3) is 3.79. The SMILES string of the molecule is OCc1ccc2c(c1)CN(CC(O)C1CCNCC1)CCO2. The molecule has 22 heavy (non-hydrogen) atoms. The van der Waals surface area contributed by atoms with Crippen molar-refractivity contribution in [3.8, 4) is 5.75 Å². The smallest absolute Gasteiger partial charge is 0.123 e. The fourth-order valence-electron chi connectivity index (χ4n) is 3.40. The highest BCUT2D eigenvalue weighted by atomic mass is 16.5. The van der Waals surface area contributed by atoms with Crippen LogP contribution in [0.5, 0.6) is 5.75 Å². The molecular formula is C17H26N2O3. The molecule has 0 spiro atoms. The molecule has 1 aromatic carbocycles. The van der Waals surface area contributed by atoms with Crippen molar-refractivity contribution >= 4 is 0 Å². The number of nitrogens with zero attached hydrogens (tertiary/aromatic N) is 1. The van der Waals surface area contributed by atoms with Crippen molar-refractivity contribution in [1.29, 1.82) is 0 Å². The molecule has 1 atom stereocenters. The predicted molar refractivity (Wildman–Crippen MR) is 84.7 cm³/mol. The van der Waals surface area contributed by atoms with Crippen LogP contribution in [0.25, 0.3) is 0 Å². The third-order valence-corrected chi connectivity index (χ3v) is 4.74. The molecule has 0 bridgehead atoms. The van der Waals surface area contributed by atoms with Crippen molar-refractivity contribution in [2.75, 3.05) is 32.8 Å². The summed E-state index contributed by atoms with van der Waals surface area (Å²) in [4.78, 5) is 2.26. The number of aliphatic hydroxyl groups excluding tert-OH is 2. The molecule has 0 radical (unpaired) electrons. The zero-order valence-corrected chi connectivity index (χ0v) is 13.0. The van der Waals surface area contributed by atoms with Gasteiger partial charge in [-0.05, 0) is 49.5 Å². The van der Waals surface area contributed by atoms with Gasteiger partial charge in [-0.15, -0.1) is 0 Å². The lowest BCUT2D eigenvalue weighted by atomic mass is 9.92. The van der Waals surface area contributed by atoms with E-state index in [1.54, 1.807) is 0 Å². The van der Waals surface area contributed by atoms with Crippen LogP contribution < -0.4 is 10.1 Å². The van der Waals surface area contributed by atoms with Crippen molar-refractivity contribution < 1.29 is 14.9 Å². The molecule has 1 saturated heterocycles. The van der Waals surface area contributed by atoms with E-state index in [0.29, 0.717) is 19.1 Å². The van der Waals surface area contributed by atoms with Crippen LogP contribution in [0.2, 0.25) is 0 Å². The minimum Gasteiger partial charge on any atom is -0.492 e. The molecule has 1 unspecified atom stereocenters. The Morgan fingerprint density at radius 2 is 2.14 bits per heavy atom. The zero-order valence-electron chi connectivity index (χ0n) is 13.0. The number of piperidine rings is 1. The zero-order chi connectivity index (χ0) is 15.4. The molecule has 0 saturated carbocycles. The van der Waals surface area contributed by atoms with E-state index in [9.17, 15) is 10.2 Å². The minimum atomic E-state index is -0.273. The van der Waals surface area contributed by atoms with Crippen molar-refractivity contribution in [3.05, 3.63) is 29.3 Å². The highest BCUT2D eigenvalue weighted by Crippen LogP contribution is 2.25. The van der Waals surface area contributed by atoms with E-state index in [0.717, 1.165) is 55.9 Å². The highest BCUT2D eigenvalue weighted by Gasteiger charge is 2.25. The van der Waals surface area contributed by atoms with Crippen LogP contribution in [0.1, 0.15) is 24.0 Å². The molecular weight excluding hydrogens is 280 g/mol. The Balaban J connectivity index is 1.64. The van der Waals surface area contributed by atoms with Crippen LogP contribution in [0.3, 0.4) is 0 Å². The van der Waals surface area contributed by atoms with Crippen molar-refractivity contribution in [2.45, 2.75) is 32.1 Å². The van der Waals surface area contributed by atoms with Crippen LogP contribution in [0.15, 0.2) is 18.2 Å². The standard InChI is InChI=1S/C17H26N2O3/c20-12-13-1-2-17-15(9-13)10-19(7-8-22-17)11-16(21)14-3-5-18-6-4-14/h1-2,9,14,16,18,20-21H,3-8,10-12H2. The topological polar surface area (TPSA) is 65.0 Å². The van der Waals surface area contributed by atoms with Crippen LogP contribution in [-0.4, -0.2) is 54.0 Å². The summed E-state index contributed by atoms with van der Waals surface area (Å²) in [5.41, 5.74) is 2.00. The Hall–Kier alpha value is -1.14. The van der Waals surface area contributed by atoms with Gasteiger partial charge in [0.1, 0.15) is 12.4 Å². The third-order valence-electron chi connectivity index (χ3n) is 4.74. The normalized spacial score (nSPS) is 21.7. The first-order valence-electron chi connectivity index (χ1n) is 8.23. The Labute approximate surface area is 131 Å². The van der Waals surface area contributed by atoms with Gasteiger partial charge >= 0.3 is 0 Å². The average molecular weight is 306 g/mol. The van der Waals surface area contributed by atoms with Crippen LogP contribution in [0, 0.1) is 5.92 Å². The van der Waals surface area contributed by atoms with E-state index in [2.05, 4.69) is 10.2 Å². The van der Waals surface area contributed by atoms with E-state index in [1.807, 2.05) is 18.2 Å². The second-order valence-corrected chi connectivity index (χ2v) is 6.34. The maximum Gasteiger partial charge on any atom is 0.123 e. The van der Waals surface area contributed by atoms with Crippen molar-refractivity contribution in [3.63, 3.8) is 0 Å². The first-order chi connectivity index (χ1) is 10.8. The van der Waals surface area contributed by atoms with Gasteiger partial charge in [0.05, 0.1) is 12.7 Å². The van der Waals surface area contributed by atoms with Gasteiger partial charge in [0, 0.05) is 25.2 Å². The van der Waals surface area contributed by atoms with Gasteiger partial charge in [-0.25, -0.2) is 0 Å². The summed E-state index contributed by atoms with van der Waals surface area (Å²) < 4.78 is 5.79. The molecule has 2 aliphatic rings. The van der Waals surface area contributed by atoms with Crippen LogP contribution in [-0.2, 0) is 13.2 Å². The number of ether oxygens (including phenoxy) is 1. The molecule has 2 aliphatic heterocycles. The second-order valence-electron chi connectivity index (χ2n) is 6.34.